The predicted molar refractivity (Wildman–Crippen MR) is 54.5 cm³/mol. The van der Waals surface area contributed by atoms with Crippen molar-refractivity contribution >= 4 is 0 Å². The van der Waals surface area contributed by atoms with Gasteiger partial charge in [0.05, 0.1) is 0 Å². The monoisotopic (exact) mass is 258 g/mol. The molecule has 0 bridgehead atoms. The number of aromatic hydroxyl groups is 1. The van der Waals surface area contributed by atoms with E-state index in [9.17, 15) is 17.6 Å². The Morgan fingerprint density at radius 1 is 0.833 bits per heavy atom. The lowest BCUT2D eigenvalue weighted by atomic mass is 10.3. The van der Waals surface area contributed by atoms with Crippen LogP contribution < -0.4 is 4.74 Å². The molecule has 0 saturated heterocycles. The van der Waals surface area contributed by atoms with E-state index < -0.39 is 29.0 Å². The van der Waals surface area contributed by atoms with Crippen LogP contribution in [0.5, 0.6) is 17.2 Å². The summed E-state index contributed by atoms with van der Waals surface area (Å²) in [6, 6.07) is 4.87. The molecule has 0 fully saturated rings. The lowest BCUT2D eigenvalue weighted by Crippen LogP contribution is -1.99. The Kier molecular flexibility index (Phi) is 3.10. The first kappa shape index (κ1) is 12.2. The third kappa shape index (κ3) is 2.22. The zero-order valence-electron chi connectivity index (χ0n) is 8.75. The number of hydrogen-bond donors (Lipinski definition) is 1. The lowest BCUT2D eigenvalue weighted by molar-refractivity contribution is 0.365. The van der Waals surface area contributed by atoms with Crippen molar-refractivity contribution in [2.75, 3.05) is 0 Å². The van der Waals surface area contributed by atoms with Crippen LogP contribution in [0.2, 0.25) is 0 Å². The maximum Gasteiger partial charge on any atom is 0.204 e. The second-order valence-corrected chi connectivity index (χ2v) is 3.39. The van der Waals surface area contributed by atoms with Crippen molar-refractivity contribution in [1.29, 1.82) is 0 Å². The Hall–Kier alpha value is -2.24. The van der Waals surface area contributed by atoms with Gasteiger partial charge in [0.25, 0.3) is 0 Å². The van der Waals surface area contributed by atoms with E-state index in [0.29, 0.717) is 0 Å². The van der Waals surface area contributed by atoms with Crippen molar-refractivity contribution < 1.29 is 27.4 Å². The fraction of sp³-hybridized carbons (Fsp3) is 0. The highest BCUT2D eigenvalue weighted by Gasteiger charge is 2.21. The van der Waals surface area contributed by atoms with Crippen LogP contribution in [0.4, 0.5) is 17.6 Å². The summed E-state index contributed by atoms with van der Waals surface area (Å²) in [5.74, 6) is -7.68. The minimum Gasteiger partial charge on any atom is -0.508 e. The third-order valence-electron chi connectivity index (χ3n) is 2.13. The molecule has 2 rings (SSSR count). The van der Waals surface area contributed by atoms with Crippen LogP contribution in [-0.4, -0.2) is 5.11 Å². The van der Waals surface area contributed by atoms with Gasteiger partial charge in [0.1, 0.15) is 11.5 Å². The molecule has 2 nitrogen and oxygen atoms in total. The Balaban J connectivity index is 2.42. The quantitative estimate of drug-likeness (QED) is 0.656. The second-order valence-electron chi connectivity index (χ2n) is 3.39. The number of benzene rings is 2. The van der Waals surface area contributed by atoms with Gasteiger partial charge in [-0.25, -0.2) is 8.78 Å². The Bertz CT molecular complexity index is 555. The SMILES string of the molecule is Oc1ccc(Oc2c(F)c(F)cc(F)c2F)cc1. The van der Waals surface area contributed by atoms with Crippen LogP contribution >= 0.6 is 0 Å². The zero-order chi connectivity index (χ0) is 13.3. The fourth-order valence-corrected chi connectivity index (χ4v) is 1.27. The van der Waals surface area contributed by atoms with Crippen molar-refractivity contribution in [2.24, 2.45) is 0 Å². The molecule has 94 valence electrons. The van der Waals surface area contributed by atoms with Crippen molar-refractivity contribution in [1.82, 2.24) is 0 Å². The largest absolute Gasteiger partial charge is 0.508 e. The zero-order valence-corrected chi connectivity index (χ0v) is 8.75. The van der Waals surface area contributed by atoms with Crippen LogP contribution in [-0.2, 0) is 0 Å². The van der Waals surface area contributed by atoms with Gasteiger partial charge < -0.3 is 9.84 Å². The molecule has 0 atom stereocenters. The molecule has 18 heavy (non-hydrogen) atoms. The second kappa shape index (κ2) is 4.56. The smallest absolute Gasteiger partial charge is 0.204 e. The van der Waals surface area contributed by atoms with Crippen molar-refractivity contribution in [3.8, 4) is 17.2 Å². The number of hydrogen-bond acceptors (Lipinski definition) is 2. The van der Waals surface area contributed by atoms with E-state index in [1.807, 2.05) is 0 Å². The van der Waals surface area contributed by atoms with E-state index in [4.69, 9.17) is 9.84 Å². The molecule has 0 heterocycles. The average molecular weight is 258 g/mol. The molecule has 6 heteroatoms. The highest BCUT2D eigenvalue weighted by atomic mass is 19.2. The molecular formula is C12H6F4O2. The number of rotatable bonds is 2. The minimum absolute atomic E-state index is 0.0735. The standard InChI is InChI=1S/C12H6F4O2/c13-8-5-9(14)11(16)12(10(8)15)18-7-3-1-6(17)2-4-7/h1-5,17H. The van der Waals surface area contributed by atoms with Gasteiger partial charge in [0, 0.05) is 6.07 Å². The summed E-state index contributed by atoms with van der Waals surface area (Å²) < 4.78 is 57.0. The van der Waals surface area contributed by atoms with Crippen LogP contribution in [0.15, 0.2) is 30.3 Å². The first-order chi connectivity index (χ1) is 8.49. The molecule has 0 saturated carbocycles. The maximum absolute atomic E-state index is 13.3. The fourth-order valence-electron chi connectivity index (χ4n) is 1.27. The lowest BCUT2D eigenvalue weighted by Gasteiger charge is -2.08. The van der Waals surface area contributed by atoms with Crippen LogP contribution in [0.25, 0.3) is 0 Å². The molecule has 0 spiro atoms. The summed E-state index contributed by atoms with van der Waals surface area (Å²) in [6.07, 6.45) is 0. The Morgan fingerprint density at radius 3 is 1.83 bits per heavy atom. The van der Waals surface area contributed by atoms with Crippen molar-refractivity contribution in [3.63, 3.8) is 0 Å². The van der Waals surface area contributed by atoms with Gasteiger partial charge in [-0.2, -0.15) is 8.78 Å². The van der Waals surface area contributed by atoms with E-state index in [1.165, 1.54) is 24.3 Å². The molecule has 1 N–H and O–H groups in total. The van der Waals surface area contributed by atoms with Gasteiger partial charge in [-0.3, -0.25) is 0 Å². The van der Waals surface area contributed by atoms with E-state index in [1.54, 1.807) is 0 Å². The van der Waals surface area contributed by atoms with Gasteiger partial charge in [-0.1, -0.05) is 0 Å². The number of phenolic OH excluding ortho intramolecular Hbond substituents is 1. The van der Waals surface area contributed by atoms with Crippen molar-refractivity contribution in [3.05, 3.63) is 53.6 Å². The average Bonchev–Trinajstić information content (AvgIpc) is 2.34. The van der Waals surface area contributed by atoms with E-state index in [-0.39, 0.29) is 17.6 Å². The summed E-state index contributed by atoms with van der Waals surface area (Å²) in [6.45, 7) is 0. The molecule has 0 aliphatic rings. The molecule has 0 aliphatic heterocycles. The molecular weight excluding hydrogens is 252 g/mol. The summed E-state index contributed by atoms with van der Waals surface area (Å²) >= 11 is 0. The van der Waals surface area contributed by atoms with Gasteiger partial charge in [0.2, 0.25) is 17.4 Å². The van der Waals surface area contributed by atoms with E-state index in [0.717, 1.165) is 0 Å². The van der Waals surface area contributed by atoms with Gasteiger partial charge >= 0.3 is 0 Å². The normalized spacial score (nSPS) is 10.4. The van der Waals surface area contributed by atoms with Crippen LogP contribution in [0, 0.1) is 23.3 Å². The summed E-state index contributed by atoms with van der Waals surface area (Å²) in [7, 11) is 0. The van der Waals surface area contributed by atoms with E-state index >= 15 is 0 Å². The summed E-state index contributed by atoms with van der Waals surface area (Å²) in [5.41, 5.74) is 0. The number of halogens is 4. The number of phenols is 1. The predicted octanol–water partition coefficient (Wildman–Crippen LogP) is 3.74. The number of ether oxygens (including phenoxy) is 1. The van der Waals surface area contributed by atoms with Crippen molar-refractivity contribution in [2.45, 2.75) is 0 Å². The van der Waals surface area contributed by atoms with Crippen LogP contribution in [0.3, 0.4) is 0 Å². The molecule has 2 aromatic rings. The molecule has 0 aliphatic carbocycles. The Morgan fingerprint density at radius 2 is 1.33 bits per heavy atom. The molecule has 0 unspecified atom stereocenters. The summed E-state index contributed by atoms with van der Waals surface area (Å²) in [5, 5.41) is 9.00. The molecule has 2 aromatic carbocycles. The van der Waals surface area contributed by atoms with Gasteiger partial charge in [0.15, 0.2) is 11.6 Å². The molecule has 0 radical (unpaired) electrons. The Labute approximate surface area is 99.1 Å². The first-order valence-electron chi connectivity index (χ1n) is 4.79. The van der Waals surface area contributed by atoms with Gasteiger partial charge in [-0.15, -0.1) is 0 Å². The summed E-state index contributed by atoms with van der Waals surface area (Å²) in [4.78, 5) is 0. The van der Waals surface area contributed by atoms with Gasteiger partial charge in [-0.05, 0) is 24.3 Å². The highest BCUT2D eigenvalue weighted by molar-refractivity contribution is 5.36. The molecule has 0 aromatic heterocycles. The topological polar surface area (TPSA) is 29.5 Å². The maximum atomic E-state index is 13.3. The first-order valence-corrected chi connectivity index (χ1v) is 4.79. The third-order valence-corrected chi connectivity index (χ3v) is 2.13. The molecule has 0 amide bonds. The highest BCUT2D eigenvalue weighted by Crippen LogP contribution is 2.31. The minimum atomic E-state index is -1.62. The van der Waals surface area contributed by atoms with Crippen LogP contribution in [0.1, 0.15) is 0 Å². The van der Waals surface area contributed by atoms with E-state index in [2.05, 4.69) is 0 Å².